The van der Waals surface area contributed by atoms with E-state index in [-0.39, 0.29) is 24.2 Å². The topological polar surface area (TPSA) is 62.8 Å². The fourth-order valence-electron chi connectivity index (χ4n) is 4.43. The molecule has 31 heavy (non-hydrogen) atoms. The Balaban J connectivity index is 1.96. The number of carbonyl (C=O) groups excluding carboxylic acids is 1. The maximum Gasteiger partial charge on any atom is 0.315 e. The molecule has 0 saturated heterocycles. The van der Waals surface area contributed by atoms with Crippen LogP contribution in [0.4, 0.5) is 4.79 Å². The van der Waals surface area contributed by atoms with Crippen LogP contribution in [-0.2, 0) is 13.0 Å². The molecular weight excluding hydrogens is 390 g/mol. The number of carbonyl (C=O) groups is 1. The number of nitrogens with zero attached hydrogens (tertiary/aromatic N) is 1. The Morgan fingerprint density at radius 3 is 2.45 bits per heavy atom. The van der Waals surface area contributed by atoms with Gasteiger partial charge >= 0.3 is 6.03 Å². The van der Waals surface area contributed by atoms with Crippen LogP contribution in [0.3, 0.4) is 0 Å². The molecule has 0 unspecified atom stereocenters. The summed E-state index contributed by atoms with van der Waals surface area (Å²) < 4.78 is 11.1. The van der Waals surface area contributed by atoms with Crippen molar-refractivity contribution >= 4 is 6.03 Å². The maximum atomic E-state index is 12.5. The molecule has 0 aliphatic carbocycles. The Labute approximate surface area is 185 Å². The van der Waals surface area contributed by atoms with Crippen molar-refractivity contribution in [2.24, 2.45) is 0 Å². The van der Waals surface area contributed by atoms with Gasteiger partial charge in [-0.3, -0.25) is 4.90 Å². The molecule has 1 heterocycles. The average molecular weight is 426 g/mol. The number of urea groups is 1. The first-order chi connectivity index (χ1) is 14.8. The molecule has 0 bridgehead atoms. The summed E-state index contributed by atoms with van der Waals surface area (Å²) in [5.41, 5.74) is 4.93. The highest BCUT2D eigenvalue weighted by atomic mass is 16.5. The van der Waals surface area contributed by atoms with Crippen LogP contribution in [0.15, 0.2) is 36.4 Å². The number of methoxy groups -OCH3 is 2. The number of nitrogens with one attached hydrogen (secondary N) is 2. The third-order valence-electron chi connectivity index (χ3n) is 5.75. The van der Waals surface area contributed by atoms with Crippen LogP contribution in [-0.4, -0.2) is 43.8 Å². The van der Waals surface area contributed by atoms with Crippen LogP contribution in [0, 0.1) is 6.92 Å². The van der Waals surface area contributed by atoms with E-state index >= 15 is 0 Å². The van der Waals surface area contributed by atoms with Crippen molar-refractivity contribution in [2.75, 3.05) is 20.8 Å². The van der Waals surface area contributed by atoms with Crippen LogP contribution in [0.25, 0.3) is 0 Å². The second-order valence-electron chi connectivity index (χ2n) is 8.62. The molecule has 2 N–H and O–H groups in total. The Kier molecular flexibility index (Phi) is 7.44. The minimum absolute atomic E-state index is 0.0157. The molecule has 6 nitrogen and oxygen atoms in total. The van der Waals surface area contributed by atoms with Crippen molar-refractivity contribution in [2.45, 2.75) is 58.8 Å². The van der Waals surface area contributed by atoms with Gasteiger partial charge in [0.25, 0.3) is 0 Å². The summed E-state index contributed by atoms with van der Waals surface area (Å²) in [6.07, 6.45) is 0.920. The number of ether oxygens (including phenoxy) is 2. The molecule has 2 aromatic rings. The third kappa shape index (κ3) is 5.50. The van der Waals surface area contributed by atoms with E-state index in [1.807, 2.05) is 13.8 Å². The number of fused-ring (bicyclic) bond motifs is 1. The molecule has 1 aliphatic rings. The summed E-state index contributed by atoms with van der Waals surface area (Å²) in [6.45, 7) is 9.82. The molecule has 3 rings (SSSR count). The van der Waals surface area contributed by atoms with Crippen molar-refractivity contribution in [1.29, 1.82) is 0 Å². The number of hydrogen-bond donors (Lipinski definition) is 2. The van der Waals surface area contributed by atoms with Gasteiger partial charge in [-0.25, -0.2) is 4.79 Å². The molecule has 1 aliphatic heterocycles. The van der Waals surface area contributed by atoms with Crippen molar-refractivity contribution in [3.8, 4) is 11.5 Å². The van der Waals surface area contributed by atoms with Gasteiger partial charge in [0.05, 0.1) is 20.3 Å². The van der Waals surface area contributed by atoms with Crippen molar-refractivity contribution in [3.05, 3.63) is 58.7 Å². The lowest BCUT2D eigenvalue weighted by atomic mass is 9.87. The monoisotopic (exact) mass is 425 g/mol. The van der Waals surface area contributed by atoms with Gasteiger partial charge in [0, 0.05) is 25.2 Å². The van der Waals surface area contributed by atoms with Crippen molar-refractivity contribution in [3.63, 3.8) is 0 Å². The number of amides is 2. The second kappa shape index (κ2) is 10.1. The summed E-state index contributed by atoms with van der Waals surface area (Å²) in [6, 6.07) is 12.6. The molecule has 0 fully saturated rings. The standard InChI is InChI=1S/C25H35N3O3/c1-16(2)26-25(29)27-18(4)24-21-14-23(31-6)22(30-5)13-20(21)10-11-28(24)15-19-9-7-8-17(3)12-19/h7-9,12-14,16,18,24H,10-11,15H2,1-6H3,(H2,26,27,29)/t18-,24-/m1/s1. The zero-order chi connectivity index (χ0) is 22.5. The Bertz CT molecular complexity index is 913. The van der Waals surface area contributed by atoms with Crippen LogP contribution in [0.1, 0.15) is 49.1 Å². The van der Waals surface area contributed by atoms with E-state index in [1.54, 1.807) is 14.2 Å². The highest BCUT2D eigenvalue weighted by Gasteiger charge is 2.33. The summed E-state index contributed by atoms with van der Waals surface area (Å²) >= 11 is 0. The smallest absolute Gasteiger partial charge is 0.315 e. The summed E-state index contributed by atoms with van der Waals surface area (Å²) in [7, 11) is 3.32. The minimum Gasteiger partial charge on any atom is -0.493 e. The number of rotatable bonds is 7. The van der Waals surface area contributed by atoms with E-state index in [2.05, 4.69) is 65.8 Å². The van der Waals surface area contributed by atoms with Gasteiger partial charge in [-0.2, -0.15) is 0 Å². The van der Waals surface area contributed by atoms with E-state index in [9.17, 15) is 4.79 Å². The highest BCUT2D eigenvalue weighted by molar-refractivity contribution is 5.74. The van der Waals surface area contributed by atoms with Gasteiger partial charge in [0.15, 0.2) is 11.5 Å². The van der Waals surface area contributed by atoms with Crippen LogP contribution >= 0.6 is 0 Å². The SMILES string of the molecule is COc1cc2c(cc1OC)[C@@H]([C@@H](C)NC(=O)NC(C)C)N(Cc1cccc(C)c1)CC2. The predicted octanol–water partition coefficient (Wildman–Crippen LogP) is 4.21. The van der Waals surface area contributed by atoms with Crippen molar-refractivity contribution < 1.29 is 14.3 Å². The summed E-state index contributed by atoms with van der Waals surface area (Å²) in [5, 5.41) is 6.09. The molecule has 2 aromatic carbocycles. The lowest BCUT2D eigenvalue weighted by molar-refractivity contribution is 0.143. The fraction of sp³-hybridized carbons (Fsp3) is 0.480. The first-order valence-electron chi connectivity index (χ1n) is 10.9. The molecule has 2 amide bonds. The van der Waals surface area contributed by atoms with Gasteiger partial charge < -0.3 is 20.1 Å². The zero-order valence-electron chi connectivity index (χ0n) is 19.5. The first-order valence-corrected chi connectivity index (χ1v) is 10.9. The normalized spacial score (nSPS) is 17.1. The first kappa shape index (κ1) is 22.9. The fourth-order valence-corrected chi connectivity index (χ4v) is 4.43. The molecule has 0 saturated carbocycles. The van der Waals surface area contributed by atoms with E-state index in [0.717, 1.165) is 25.3 Å². The van der Waals surface area contributed by atoms with Gasteiger partial charge in [0.1, 0.15) is 0 Å². The average Bonchev–Trinajstić information content (AvgIpc) is 2.71. The highest BCUT2D eigenvalue weighted by Crippen LogP contribution is 2.40. The summed E-state index contributed by atoms with van der Waals surface area (Å²) in [4.78, 5) is 14.9. The van der Waals surface area contributed by atoms with E-state index in [0.29, 0.717) is 5.75 Å². The van der Waals surface area contributed by atoms with Crippen LogP contribution < -0.4 is 20.1 Å². The summed E-state index contributed by atoms with van der Waals surface area (Å²) in [5.74, 6) is 1.45. The Morgan fingerprint density at radius 2 is 1.81 bits per heavy atom. The molecule has 0 aromatic heterocycles. The van der Waals surface area contributed by atoms with Crippen molar-refractivity contribution in [1.82, 2.24) is 15.5 Å². The van der Waals surface area contributed by atoms with E-state index in [1.165, 1.54) is 22.3 Å². The van der Waals surface area contributed by atoms with Gasteiger partial charge in [-0.1, -0.05) is 29.8 Å². The van der Waals surface area contributed by atoms with E-state index in [4.69, 9.17) is 9.47 Å². The second-order valence-corrected chi connectivity index (χ2v) is 8.62. The third-order valence-corrected chi connectivity index (χ3v) is 5.75. The Hall–Kier alpha value is -2.73. The molecule has 6 heteroatoms. The Morgan fingerprint density at radius 1 is 1.10 bits per heavy atom. The molecule has 0 radical (unpaired) electrons. The van der Waals surface area contributed by atoms with Crippen LogP contribution in [0.5, 0.6) is 11.5 Å². The van der Waals surface area contributed by atoms with Gasteiger partial charge in [-0.15, -0.1) is 0 Å². The molecule has 0 spiro atoms. The lowest BCUT2D eigenvalue weighted by Gasteiger charge is -2.41. The molecule has 168 valence electrons. The minimum atomic E-state index is -0.148. The van der Waals surface area contributed by atoms with E-state index < -0.39 is 0 Å². The molecule has 2 atom stereocenters. The maximum absolute atomic E-state index is 12.5. The molecular formula is C25H35N3O3. The number of hydrogen-bond acceptors (Lipinski definition) is 4. The predicted molar refractivity (Wildman–Crippen MR) is 124 cm³/mol. The number of aryl methyl sites for hydroxylation is 1. The van der Waals surface area contributed by atoms with Gasteiger partial charge in [0.2, 0.25) is 0 Å². The van der Waals surface area contributed by atoms with Gasteiger partial charge in [-0.05, 0) is 62.9 Å². The quantitative estimate of drug-likeness (QED) is 0.698. The lowest BCUT2D eigenvalue weighted by Crippen LogP contribution is -2.50. The zero-order valence-corrected chi connectivity index (χ0v) is 19.5. The largest absolute Gasteiger partial charge is 0.493 e. The number of benzene rings is 2. The van der Waals surface area contributed by atoms with Crippen LogP contribution in [0.2, 0.25) is 0 Å².